The second-order valence-corrected chi connectivity index (χ2v) is 10.1. The van der Waals surface area contributed by atoms with Gasteiger partial charge >= 0.3 is 0 Å². The van der Waals surface area contributed by atoms with Gasteiger partial charge in [-0.15, -0.1) is 17.9 Å². The minimum absolute atomic E-state index is 0.0659. The van der Waals surface area contributed by atoms with Crippen LogP contribution in [0.15, 0.2) is 48.4 Å². The number of rotatable bonds is 12. The minimum Gasteiger partial charge on any atom is -0.491 e. The lowest BCUT2D eigenvalue weighted by Gasteiger charge is -2.37. The zero-order valence-corrected chi connectivity index (χ0v) is 19.8. The number of hydrogen-bond donors (Lipinski definition) is 1. The average molecular weight is 473 g/mol. The maximum Gasteiger partial charge on any atom is 0.237 e. The molecule has 1 amide bonds. The van der Waals surface area contributed by atoms with E-state index in [1.165, 1.54) is 29.9 Å². The molecule has 2 atom stereocenters. The number of amides is 1. The van der Waals surface area contributed by atoms with Crippen LogP contribution >= 0.6 is 11.3 Å². The highest BCUT2D eigenvalue weighted by atomic mass is 32.1. The largest absolute Gasteiger partial charge is 0.491 e. The second kappa shape index (κ2) is 11.3. The number of thiophene rings is 1. The molecule has 0 saturated heterocycles. The number of carbonyl (C=O) groups excluding carboxylic acids is 1. The number of hydrogen-bond acceptors (Lipinski definition) is 5. The van der Waals surface area contributed by atoms with E-state index in [1.54, 1.807) is 23.5 Å². The van der Waals surface area contributed by atoms with Crippen molar-refractivity contribution in [3.05, 3.63) is 64.6 Å². The van der Waals surface area contributed by atoms with Gasteiger partial charge in [0.1, 0.15) is 18.2 Å². The van der Waals surface area contributed by atoms with Crippen LogP contribution in [-0.2, 0) is 11.2 Å². The van der Waals surface area contributed by atoms with E-state index >= 15 is 0 Å². The molecule has 1 fully saturated rings. The molecule has 2 unspecified atom stereocenters. The predicted molar refractivity (Wildman–Crippen MR) is 129 cm³/mol. The molecule has 1 aliphatic carbocycles. The average Bonchev–Trinajstić information content (AvgIpc) is 3.48. The van der Waals surface area contributed by atoms with E-state index in [-0.39, 0.29) is 17.8 Å². The zero-order chi connectivity index (χ0) is 23.2. The quantitative estimate of drug-likeness (QED) is 0.465. The van der Waals surface area contributed by atoms with Gasteiger partial charge in [0.25, 0.3) is 0 Å². The first-order chi connectivity index (χ1) is 16.0. The summed E-state index contributed by atoms with van der Waals surface area (Å²) in [7, 11) is 0. The number of benzene rings is 1. The third kappa shape index (κ3) is 6.65. The Labute approximate surface area is 199 Å². The lowest BCUT2D eigenvalue weighted by molar-refractivity contribution is -0.136. The minimum atomic E-state index is -0.461. The summed E-state index contributed by atoms with van der Waals surface area (Å²) in [6, 6.07) is 7.89. The van der Waals surface area contributed by atoms with Gasteiger partial charge in [0.05, 0.1) is 18.7 Å². The van der Waals surface area contributed by atoms with Crippen molar-refractivity contribution in [2.24, 2.45) is 5.92 Å². The Balaban J connectivity index is 1.43. The number of halogens is 1. The van der Waals surface area contributed by atoms with Gasteiger partial charge in [-0.25, -0.2) is 4.39 Å². The molecule has 0 bridgehead atoms. The summed E-state index contributed by atoms with van der Waals surface area (Å²) in [5, 5.41) is 12.5. The van der Waals surface area contributed by atoms with Crippen molar-refractivity contribution in [2.75, 3.05) is 32.8 Å². The number of aliphatic hydroxyl groups is 1. The summed E-state index contributed by atoms with van der Waals surface area (Å²) in [6.07, 6.45) is 6.02. The molecule has 1 saturated carbocycles. The topological polar surface area (TPSA) is 53.0 Å². The molecule has 1 aromatic heterocycles. The fourth-order valence-corrected chi connectivity index (χ4v) is 5.36. The van der Waals surface area contributed by atoms with E-state index in [0.29, 0.717) is 44.3 Å². The van der Waals surface area contributed by atoms with Crippen molar-refractivity contribution in [3.63, 3.8) is 0 Å². The van der Waals surface area contributed by atoms with E-state index in [4.69, 9.17) is 4.74 Å². The summed E-state index contributed by atoms with van der Waals surface area (Å²) in [5.41, 5.74) is 1.14. The number of ether oxygens (including phenoxy) is 1. The van der Waals surface area contributed by atoms with Gasteiger partial charge in [0.15, 0.2) is 0 Å². The van der Waals surface area contributed by atoms with Gasteiger partial charge in [0, 0.05) is 24.5 Å². The lowest BCUT2D eigenvalue weighted by Crippen LogP contribution is -2.48. The Bertz CT molecular complexity index is 928. The lowest BCUT2D eigenvalue weighted by atomic mass is 10.0. The highest BCUT2D eigenvalue weighted by molar-refractivity contribution is 7.10. The fraction of sp³-hybridized carbons (Fsp3) is 0.500. The molecule has 4 rings (SSSR count). The van der Waals surface area contributed by atoms with E-state index in [9.17, 15) is 14.3 Å². The number of allylic oxidation sites excluding steroid dienone is 1. The van der Waals surface area contributed by atoms with Crippen molar-refractivity contribution in [2.45, 2.75) is 44.2 Å². The normalized spacial score (nSPS) is 18.8. The molecule has 1 aromatic carbocycles. The molecule has 0 radical (unpaired) electrons. The van der Waals surface area contributed by atoms with Crippen LogP contribution in [0.25, 0.3) is 0 Å². The van der Waals surface area contributed by atoms with Crippen molar-refractivity contribution in [1.29, 1.82) is 0 Å². The smallest absolute Gasteiger partial charge is 0.237 e. The first-order valence-corrected chi connectivity index (χ1v) is 12.7. The van der Waals surface area contributed by atoms with E-state index < -0.39 is 6.10 Å². The molecule has 2 heterocycles. The molecule has 7 heteroatoms. The number of aliphatic hydroxyl groups excluding tert-OH is 1. The standard InChI is InChI=1S/C26H33FN2O3S/c1-2-3-4-21(30)16-28(15-19-5-6-19)17-26(31)29-13-11-25-23(12-14-33-25)24(29)18-32-22-9-7-20(27)8-10-22/h2,7-10,12,14,19,21,24,30H,1,3-6,11,13,15-18H2. The Morgan fingerprint density at radius 3 is 2.85 bits per heavy atom. The Morgan fingerprint density at radius 2 is 2.12 bits per heavy atom. The van der Waals surface area contributed by atoms with Gasteiger partial charge in [-0.1, -0.05) is 6.08 Å². The first-order valence-electron chi connectivity index (χ1n) is 11.8. The third-order valence-electron chi connectivity index (χ3n) is 6.38. The molecule has 178 valence electrons. The van der Waals surface area contributed by atoms with Crippen LogP contribution in [0.4, 0.5) is 4.39 Å². The van der Waals surface area contributed by atoms with Crippen molar-refractivity contribution >= 4 is 17.2 Å². The highest BCUT2D eigenvalue weighted by Crippen LogP contribution is 2.34. The van der Waals surface area contributed by atoms with Gasteiger partial charge in [0.2, 0.25) is 5.91 Å². The molecule has 2 aromatic rings. The van der Waals surface area contributed by atoms with Crippen molar-refractivity contribution < 1.29 is 19.0 Å². The fourth-order valence-electron chi connectivity index (χ4n) is 4.43. The van der Waals surface area contributed by atoms with E-state index in [2.05, 4.69) is 22.9 Å². The molecule has 2 aliphatic rings. The van der Waals surface area contributed by atoms with Gasteiger partial charge < -0.3 is 14.7 Å². The maximum atomic E-state index is 13.5. The van der Waals surface area contributed by atoms with Crippen molar-refractivity contribution in [1.82, 2.24) is 9.80 Å². The van der Waals surface area contributed by atoms with Crippen LogP contribution in [0, 0.1) is 11.7 Å². The van der Waals surface area contributed by atoms with Crippen LogP contribution in [0.5, 0.6) is 5.75 Å². The number of nitrogens with zero attached hydrogens (tertiary/aromatic N) is 2. The SMILES string of the molecule is C=CCCC(O)CN(CC(=O)N1CCc2sccc2C1COc1ccc(F)cc1)CC1CC1. The Kier molecular flexibility index (Phi) is 8.17. The molecule has 1 aliphatic heterocycles. The number of carbonyl (C=O) groups is 1. The first kappa shape index (κ1) is 23.9. The van der Waals surface area contributed by atoms with Gasteiger partial charge in [-0.3, -0.25) is 9.69 Å². The molecule has 33 heavy (non-hydrogen) atoms. The Hall–Kier alpha value is -2.22. The van der Waals surface area contributed by atoms with Gasteiger partial charge in [-0.2, -0.15) is 0 Å². The van der Waals surface area contributed by atoms with Crippen LogP contribution in [0.2, 0.25) is 0 Å². The summed E-state index contributed by atoms with van der Waals surface area (Å²) in [5.74, 6) is 0.984. The molecule has 0 spiro atoms. The van der Waals surface area contributed by atoms with Crippen LogP contribution in [-0.4, -0.2) is 59.7 Å². The van der Waals surface area contributed by atoms with E-state index in [1.807, 2.05) is 11.0 Å². The van der Waals surface area contributed by atoms with Crippen LogP contribution < -0.4 is 4.74 Å². The monoisotopic (exact) mass is 472 g/mol. The predicted octanol–water partition coefficient (Wildman–Crippen LogP) is 4.43. The highest BCUT2D eigenvalue weighted by Gasteiger charge is 2.34. The van der Waals surface area contributed by atoms with Crippen LogP contribution in [0.3, 0.4) is 0 Å². The van der Waals surface area contributed by atoms with E-state index in [0.717, 1.165) is 24.9 Å². The summed E-state index contributed by atoms with van der Waals surface area (Å²) < 4.78 is 19.2. The second-order valence-electron chi connectivity index (χ2n) is 9.07. The summed E-state index contributed by atoms with van der Waals surface area (Å²) in [4.78, 5) is 18.8. The molecular formula is C26H33FN2O3S. The molecular weight excluding hydrogens is 439 g/mol. The van der Waals surface area contributed by atoms with Crippen LogP contribution in [0.1, 0.15) is 42.2 Å². The van der Waals surface area contributed by atoms with Gasteiger partial charge in [-0.05, 0) is 79.3 Å². The zero-order valence-electron chi connectivity index (χ0n) is 19.0. The third-order valence-corrected chi connectivity index (χ3v) is 7.38. The summed E-state index contributed by atoms with van der Waals surface area (Å²) >= 11 is 1.72. The maximum absolute atomic E-state index is 13.5. The summed E-state index contributed by atoms with van der Waals surface area (Å²) in [6.45, 7) is 6.36. The molecule has 5 nitrogen and oxygen atoms in total. The van der Waals surface area contributed by atoms with Crippen molar-refractivity contribution in [3.8, 4) is 5.75 Å². The number of fused-ring (bicyclic) bond motifs is 1. The molecule has 1 N–H and O–H groups in total. The Morgan fingerprint density at radius 1 is 1.33 bits per heavy atom.